The van der Waals surface area contributed by atoms with Crippen LogP contribution in [0.1, 0.15) is 51.0 Å². The first kappa shape index (κ1) is 22.4. The SMILES string of the molecule is CCCCOP(=O)(O)NC1=C(C(O)C(CC)c2ccc(O)cc2)C(=O)C=CC1. The van der Waals surface area contributed by atoms with E-state index in [1.54, 1.807) is 18.2 Å². The predicted octanol–water partition coefficient (Wildman–Crippen LogP) is 3.54. The van der Waals surface area contributed by atoms with Crippen LogP contribution in [0.5, 0.6) is 5.75 Å². The van der Waals surface area contributed by atoms with E-state index in [4.69, 9.17) is 4.52 Å². The average Bonchev–Trinajstić information content (AvgIpc) is 2.63. The Bertz CT molecular complexity index is 786. The van der Waals surface area contributed by atoms with E-state index in [2.05, 4.69) is 5.09 Å². The molecule has 0 aromatic heterocycles. The number of nitrogens with one attached hydrogen (secondary N) is 1. The molecule has 3 atom stereocenters. The normalized spacial score (nSPS) is 18.6. The van der Waals surface area contributed by atoms with Crippen molar-refractivity contribution in [3.8, 4) is 5.75 Å². The zero-order valence-corrected chi connectivity index (χ0v) is 17.1. The van der Waals surface area contributed by atoms with Crippen molar-refractivity contribution < 1.29 is 29.0 Å². The van der Waals surface area contributed by atoms with E-state index in [0.29, 0.717) is 12.8 Å². The monoisotopic (exact) mass is 409 g/mol. The van der Waals surface area contributed by atoms with Crippen LogP contribution in [0.3, 0.4) is 0 Å². The van der Waals surface area contributed by atoms with Crippen LogP contribution in [0.15, 0.2) is 47.7 Å². The molecule has 0 saturated heterocycles. The van der Waals surface area contributed by atoms with E-state index in [-0.39, 0.29) is 30.0 Å². The minimum Gasteiger partial charge on any atom is -0.508 e. The minimum absolute atomic E-state index is 0.0655. The molecular weight excluding hydrogens is 381 g/mol. The predicted molar refractivity (Wildman–Crippen MR) is 107 cm³/mol. The second-order valence-electron chi connectivity index (χ2n) is 6.73. The van der Waals surface area contributed by atoms with Crippen molar-refractivity contribution in [2.24, 2.45) is 0 Å². The van der Waals surface area contributed by atoms with Crippen molar-refractivity contribution in [3.05, 3.63) is 53.3 Å². The van der Waals surface area contributed by atoms with Gasteiger partial charge in [-0.15, -0.1) is 0 Å². The van der Waals surface area contributed by atoms with Gasteiger partial charge < -0.3 is 15.1 Å². The number of hydrogen-bond donors (Lipinski definition) is 4. The molecule has 154 valence electrons. The molecule has 2 rings (SSSR count). The molecule has 1 aromatic carbocycles. The summed E-state index contributed by atoms with van der Waals surface area (Å²) in [6.07, 6.45) is 3.96. The summed E-state index contributed by atoms with van der Waals surface area (Å²) in [5.74, 6) is -0.717. The van der Waals surface area contributed by atoms with E-state index >= 15 is 0 Å². The maximum absolute atomic E-state index is 12.5. The van der Waals surface area contributed by atoms with Gasteiger partial charge in [0.2, 0.25) is 0 Å². The van der Waals surface area contributed by atoms with E-state index in [1.807, 2.05) is 13.8 Å². The Hall–Kier alpha value is -1.92. The smallest absolute Gasteiger partial charge is 0.429 e. The van der Waals surface area contributed by atoms with Crippen molar-refractivity contribution in [1.29, 1.82) is 0 Å². The first-order valence-corrected chi connectivity index (χ1v) is 11.0. The Labute approximate surface area is 165 Å². The summed E-state index contributed by atoms with van der Waals surface area (Å²) in [6, 6.07) is 6.41. The van der Waals surface area contributed by atoms with Crippen LogP contribution in [-0.2, 0) is 13.9 Å². The van der Waals surface area contributed by atoms with Crippen molar-refractivity contribution in [3.63, 3.8) is 0 Å². The molecule has 0 bridgehead atoms. The second kappa shape index (κ2) is 10.0. The summed E-state index contributed by atoms with van der Waals surface area (Å²) < 4.78 is 17.4. The summed E-state index contributed by atoms with van der Waals surface area (Å²) >= 11 is 0. The quantitative estimate of drug-likeness (QED) is 0.345. The Balaban J connectivity index is 2.31. The molecule has 0 heterocycles. The van der Waals surface area contributed by atoms with Gasteiger partial charge in [0.05, 0.1) is 12.7 Å². The highest BCUT2D eigenvalue weighted by Gasteiger charge is 2.33. The number of aliphatic hydroxyl groups is 1. The van der Waals surface area contributed by atoms with Gasteiger partial charge in [-0.3, -0.25) is 14.4 Å². The fourth-order valence-electron chi connectivity index (χ4n) is 3.16. The molecule has 0 spiro atoms. The molecular formula is C20H28NO6P. The van der Waals surface area contributed by atoms with E-state index in [9.17, 15) is 24.5 Å². The Morgan fingerprint density at radius 1 is 1.25 bits per heavy atom. The number of hydrogen-bond acceptors (Lipinski definition) is 5. The minimum atomic E-state index is -4.15. The summed E-state index contributed by atoms with van der Waals surface area (Å²) in [6.45, 7) is 3.94. The number of allylic oxidation sites excluding steroid dienone is 2. The number of aromatic hydroxyl groups is 1. The van der Waals surface area contributed by atoms with Crippen LogP contribution in [0, 0.1) is 0 Å². The fourth-order valence-corrected chi connectivity index (χ4v) is 4.16. The topological polar surface area (TPSA) is 116 Å². The van der Waals surface area contributed by atoms with Crippen LogP contribution >= 0.6 is 7.75 Å². The number of phenolic OH excluding ortho intramolecular Hbond substituents is 1. The molecule has 28 heavy (non-hydrogen) atoms. The van der Waals surface area contributed by atoms with E-state index in [0.717, 1.165) is 12.0 Å². The number of unbranched alkanes of at least 4 members (excludes halogenated alkanes) is 1. The summed E-state index contributed by atoms with van der Waals surface area (Å²) in [7, 11) is -4.15. The molecule has 0 aliphatic heterocycles. The Morgan fingerprint density at radius 2 is 1.93 bits per heavy atom. The van der Waals surface area contributed by atoms with Gasteiger partial charge in [0, 0.05) is 23.6 Å². The van der Waals surface area contributed by atoms with Gasteiger partial charge in [-0.2, -0.15) is 0 Å². The van der Waals surface area contributed by atoms with Gasteiger partial charge in [0.15, 0.2) is 5.78 Å². The summed E-state index contributed by atoms with van der Waals surface area (Å²) in [5.41, 5.74) is 1.02. The second-order valence-corrected chi connectivity index (χ2v) is 8.26. The third-order valence-corrected chi connectivity index (χ3v) is 5.75. The number of carbonyl (C=O) groups excluding carboxylic acids is 1. The molecule has 0 fully saturated rings. The van der Waals surface area contributed by atoms with Crippen molar-refractivity contribution >= 4 is 13.5 Å². The molecule has 7 nitrogen and oxygen atoms in total. The number of carbonyl (C=O) groups is 1. The van der Waals surface area contributed by atoms with Crippen LogP contribution in [0.4, 0.5) is 0 Å². The van der Waals surface area contributed by atoms with Crippen molar-refractivity contribution in [1.82, 2.24) is 5.09 Å². The number of benzene rings is 1. The molecule has 1 aliphatic carbocycles. The van der Waals surface area contributed by atoms with Crippen molar-refractivity contribution in [2.45, 2.75) is 51.6 Å². The van der Waals surface area contributed by atoms with Gasteiger partial charge in [0.25, 0.3) is 0 Å². The molecule has 0 radical (unpaired) electrons. The lowest BCUT2D eigenvalue weighted by molar-refractivity contribution is -0.112. The highest BCUT2D eigenvalue weighted by atomic mass is 31.2. The maximum atomic E-state index is 12.5. The fraction of sp³-hybridized carbons (Fsp3) is 0.450. The van der Waals surface area contributed by atoms with Crippen LogP contribution in [-0.4, -0.2) is 33.6 Å². The zero-order chi connectivity index (χ0) is 20.7. The van der Waals surface area contributed by atoms with Crippen LogP contribution in [0.2, 0.25) is 0 Å². The number of aliphatic hydroxyl groups excluding tert-OH is 1. The summed E-state index contributed by atoms with van der Waals surface area (Å²) in [5, 5.41) is 22.9. The molecule has 0 saturated carbocycles. The summed E-state index contributed by atoms with van der Waals surface area (Å²) in [4.78, 5) is 22.6. The van der Waals surface area contributed by atoms with Gasteiger partial charge in [0.1, 0.15) is 5.75 Å². The standard InChI is InChI=1S/C20H28NO6P/c1-3-5-13-27-28(25,26)21-17-7-6-8-18(23)19(17)20(24)16(4-2)14-9-11-15(22)12-10-14/h6,8-12,16,20,22,24H,3-5,7,13H2,1-2H3,(H2,21,25,26). The average molecular weight is 409 g/mol. The molecule has 4 N–H and O–H groups in total. The number of phenols is 1. The van der Waals surface area contributed by atoms with E-state index in [1.165, 1.54) is 18.2 Å². The van der Waals surface area contributed by atoms with Crippen LogP contribution in [0.25, 0.3) is 0 Å². The lowest BCUT2D eigenvalue weighted by Crippen LogP contribution is -2.30. The van der Waals surface area contributed by atoms with E-state index < -0.39 is 25.6 Å². The van der Waals surface area contributed by atoms with Gasteiger partial charge >= 0.3 is 7.75 Å². The molecule has 1 aliphatic rings. The Morgan fingerprint density at radius 3 is 2.54 bits per heavy atom. The molecule has 0 amide bonds. The van der Waals surface area contributed by atoms with Gasteiger partial charge in [-0.25, -0.2) is 4.57 Å². The first-order valence-electron chi connectivity index (χ1n) is 9.45. The third-order valence-electron chi connectivity index (χ3n) is 4.66. The molecule has 1 aromatic rings. The highest BCUT2D eigenvalue weighted by Crippen LogP contribution is 2.41. The van der Waals surface area contributed by atoms with Gasteiger partial charge in [-0.05, 0) is 36.6 Å². The van der Waals surface area contributed by atoms with Crippen molar-refractivity contribution in [2.75, 3.05) is 6.61 Å². The maximum Gasteiger partial charge on any atom is 0.429 e. The van der Waals surface area contributed by atoms with Crippen LogP contribution < -0.4 is 5.09 Å². The number of rotatable bonds is 10. The van der Waals surface area contributed by atoms with Gasteiger partial charge in [-0.1, -0.05) is 38.5 Å². The molecule has 8 heteroatoms. The first-order chi connectivity index (χ1) is 13.3. The third kappa shape index (κ3) is 5.79. The highest BCUT2D eigenvalue weighted by molar-refractivity contribution is 7.50. The Kier molecular flexibility index (Phi) is 8.01. The largest absolute Gasteiger partial charge is 0.508 e. The number of ketones is 1. The lowest BCUT2D eigenvalue weighted by Gasteiger charge is -2.28. The zero-order valence-electron chi connectivity index (χ0n) is 16.2. The lowest BCUT2D eigenvalue weighted by atomic mass is 9.83. The molecule has 3 unspecified atom stereocenters.